The van der Waals surface area contributed by atoms with Crippen molar-refractivity contribution in [2.75, 3.05) is 17.3 Å². The standard InChI is InChI=1S/C20H15BrFN3O2/c21-18-10-4-9-17(24-18)20(27)23-14-6-3-5-13(11-14)15-7-1-2-8-16(15)25-19(26)12-22/h1-11H,12H2,(H,23,27)(H,25,26). The fourth-order valence-corrected chi connectivity index (χ4v) is 2.87. The number of hydrogen-bond acceptors (Lipinski definition) is 3. The second kappa shape index (κ2) is 8.55. The third kappa shape index (κ3) is 4.77. The molecule has 1 aromatic heterocycles. The van der Waals surface area contributed by atoms with Crippen LogP contribution < -0.4 is 10.6 Å². The molecule has 0 unspecified atom stereocenters. The lowest BCUT2D eigenvalue weighted by Crippen LogP contribution is -2.14. The van der Waals surface area contributed by atoms with Crippen LogP contribution in [0.2, 0.25) is 0 Å². The number of rotatable bonds is 5. The molecule has 0 aliphatic carbocycles. The van der Waals surface area contributed by atoms with Crippen LogP contribution in [0.3, 0.4) is 0 Å². The molecule has 7 heteroatoms. The maximum atomic E-state index is 12.5. The van der Waals surface area contributed by atoms with Gasteiger partial charge in [-0.25, -0.2) is 9.37 Å². The first kappa shape index (κ1) is 18.7. The summed E-state index contributed by atoms with van der Waals surface area (Å²) in [5, 5.41) is 5.33. The summed E-state index contributed by atoms with van der Waals surface area (Å²) in [6, 6.07) is 19.3. The zero-order chi connectivity index (χ0) is 19.2. The van der Waals surface area contributed by atoms with Gasteiger partial charge < -0.3 is 10.6 Å². The van der Waals surface area contributed by atoms with E-state index < -0.39 is 12.6 Å². The smallest absolute Gasteiger partial charge is 0.274 e. The zero-order valence-corrected chi connectivity index (χ0v) is 15.7. The number of anilines is 2. The lowest BCUT2D eigenvalue weighted by molar-refractivity contribution is -0.117. The van der Waals surface area contributed by atoms with Crippen LogP contribution in [-0.2, 0) is 4.79 Å². The minimum atomic E-state index is -1.09. The maximum Gasteiger partial charge on any atom is 0.274 e. The SMILES string of the molecule is O=C(CF)Nc1ccccc1-c1cccc(NC(=O)c2cccc(Br)n2)c1. The number of carbonyl (C=O) groups excluding carboxylic acids is 2. The molecule has 3 rings (SSSR count). The van der Waals surface area contributed by atoms with Crippen LogP contribution in [0.25, 0.3) is 11.1 Å². The summed E-state index contributed by atoms with van der Waals surface area (Å²) in [4.78, 5) is 27.9. The molecule has 0 bridgehead atoms. The van der Waals surface area contributed by atoms with E-state index in [9.17, 15) is 14.0 Å². The largest absolute Gasteiger partial charge is 0.323 e. The Morgan fingerprint density at radius 2 is 1.74 bits per heavy atom. The number of nitrogens with one attached hydrogen (secondary N) is 2. The van der Waals surface area contributed by atoms with Gasteiger partial charge in [-0.1, -0.05) is 36.4 Å². The molecule has 0 saturated heterocycles. The fourth-order valence-electron chi connectivity index (χ4n) is 2.52. The Bertz CT molecular complexity index is 994. The minimum Gasteiger partial charge on any atom is -0.323 e. The lowest BCUT2D eigenvalue weighted by atomic mass is 10.0. The van der Waals surface area contributed by atoms with E-state index in [1.54, 1.807) is 48.5 Å². The number of alkyl halides is 1. The summed E-state index contributed by atoms with van der Waals surface area (Å²) in [6.07, 6.45) is 0. The van der Waals surface area contributed by atoms with Crippen molar-refractivity contribution in [1.29, 1.82) is 0 Å². The molecule has 2 amide bonds. The van der Waals surface area contributed by atoms with Crippen LogP contribution in [0, 0.1) is 0 Å². The van der Waals surface area contributed by atoms with E-state index in [0.717, 1.165) is 11.1 Å². The predicted octanol–water partition coefficient (Wildman–Crippen LogP) is 4.67. The number of carbonyl (C=O) groups is 2. The van der Waals surface area contributed by atoms with Crippen molar-refractivity contribution in [3.8, 4) is 11.1 Å². The molecule has 0 saturated carbocycles. The zero-order valence-electron chi connectivity index (χ0n) is 14.1. The summed E-state index contributed by atoms with van der Waals surface area (Å²) < 4.78 is 13.1. The number of nitrogens with zero attached hydrogens (tertiary/aromatic N) is 1. The Labute approximate surface area is 163 Å². The normalized spacial score (nSPS) is 10.3. The number of halogens is 2. The molecule has 0 aliphatic heterocycles. The van der Waals surface area contributed by atoms with Crippen molar-refractivity contribution in [2.24, 2.45) is 0 Å². The highest BCUT2D eigenvalue weighted by molar-refractivity contribution is 9.10. The van der Waals surface area contributed by atoms with Gasteiger partial charge in [0.25, 0.3) is 11.8 Å². The molecule has 0 atom stereocenters. The van der Waals surface area contributed by atoms with Gasteiger partial charge in [0, 0.05) is 16.9 Å². The van der Waals surface area contributed by atoms with Crippen molar-refractivity contribution >= 4 is 39.1 Å². The molecule has 5 nitrogen and oxygen atoms in total. The average Bonchev–Trinajstić information content (AvgIpc) is 2.68. The average molecular weight is 428 g/mol. The van der Waals surface area contributed by atoms with E-state index in [4.69, 9.17) is 0 Å². The number of para-hydroxylation sites is 1. The van der Waals surface area contributed by atoms with E-state index in [1.807, 2.05) is 18.2 Å². The molecule has 0 spiro atoms. The van der Waals surface area contributed by atoms with Gasteiger partial charge in [-0.15, -0.1) is 0 Å². The van der Waals surface area contributed by atoms with E-state index in [2.05, 4.69) is 31.5 Å². The Balaban J connectivity index is 1.86. The molecular weight excluding hydrogens is 413 g/mol. The van der Waals surface area contributed by atoms with Gasteiger partial charge in [-0.05, 0) is 51.8 Å². The second-order valence-corrected chi connectivity index (χ2v) is 6.42. The Morgan fingerprint density at radius 3 is 2.52 bits per heavy atom. The number of hydrogen-bond donors (Lipinski definition) is 2. The second-order valence-electron chi connectivity index (χ2n) is 5.61. The van der Waals surface area contributed by atoms with Gasteiger partial charge in [0.2, 0.25) is 0 Å². The van der Waals surface area contributed by atoms with Crippen molar-refractivity contribution in [2.45, 2.75) is 0 Å². The summed E-state index contributed by atoms with van der Waals surface area (Å²) in [5.74, 6) is -1.06. The minimum absolute atomic E-state index is 0.283. The number of pyridine rings is 1. The molecule has 27 heavy (non-hydrogen) atoms. The topological polar surface area (TPSA) is 71.1 Å². The molecule has 3 aromatic rings. The fraction of sp³-hybridized carbons (Fsp3) is 0.0500. The number of amides is 2. The number of aromatic nitrogens is 1. The van der Waals surface area contributed by atoms with Crippen molar-refractivity contribution in [3.63, 3.8) is 0 Å². The highest BCUT2D eigenvalue weighted by Crippen LogP contribution is 2.29. The van der Waals surface area contributed by atoms with Crippen LogP contribution in [0.4, 0.5) is 15.8 Å². The third-order valence-electron chi connectivity index (χ3n) is 3.70. The van der Waals surface area contributed by atoms with Crippen LogP contribution in [-0.4, -0.2) is 23.5 Å². The van der Waals surface area contributed by atoms with E-state index >= 15 is 0 Å². The Kier molecular flexibility index (Phi) is 5.93. The van der Waals surface area contributed by atoms with Gasteiger partial charge in [0.15, 0.2) is 6.67 Å². The molecule has 0 fully saturated rings. The quantitative estimate of drug-likeness (QED) is 0.581. The molecule has 2 N–H and O–H groups in total. The molecule has 136 valence electrons. The summed E-state index contributed by atoms with van der Waals surface area (Å²) >= 11 is 3.24. The van der Waals surface area contributed by atoms with Crippen LogP contribution >= 0.6 is 15.9 Å². The highest BCUT2D eigenvalue weighted by atomic mass is 79.9. The van der Waals surface area contributed by atoms with Crippen molar-refractivity contribution < 1.29 is 14.0 Å². The Morgan fingerprint density at radius 1 is 0.963 bits per heavy atom. The molecular formula is C20H15BrFN3O2. The predicted molar refractivity (Wildman–Crippen MR) is 106 cm³/mol. The molecule has 0 radical (unpaired) electrons. The van der Waals surface area contributed by atoms with Crippen LogP contribution in [0.15, 0.2) is 71.3 Å². The van der Waals surface area contributed by atoms with Crippen LogP contribution in [0.1, 0.15) is 10.5 Å². The van der Waals surface area contributed by atoms with E-state index in [1.165, 1.54) is 0 Å². The molecule has 2 aromatic carbocycles. The summed E-state index contributed by atoms with van der Waals surface area (Å²) in [7, 11) is 0. The third-order valence-corrected chi connectivity index (χ3v) is 4.14. The van der Waals surface area contributed by atoms with Gasteiger partial charge in [0.05, 0.1) is 0 Å². The molecule has 1 heterocycles. The highest BCUT2D eigenvalue weighted by Gasteiger charge is 2.11. The number of benzene rings is 2. The Hall–Kier alpha value is -3.06. The summed E-state index contributed by atoms with van der Waals surface area (Å²) in [5.41, 5.74) is 2.84. The van der Waals surface area contributed by atoms with Crippen molar-refractivity contribution in [1.82, 2.24) is 4.98 Å². The van der Waals surface area contributed by atoms with Gasteiger partial charge in [-0.3, -0.25) is 9.59 Å². The van der Waals surface area contributed by atoms with Gasteiger partial charge in [-0.2, -0.15) is 0 Å². The van der Waals surface area contributed by atoms with E-state index in [-0.39, 0.29) is 11.6 Å². The summed E-state index contributed by atoms with van der Waals surface area (Å²) in [6.45, 7) is -1.09. The lowest BCUT2D eigenvalue weighted by Gasteiger charge is -2.12. The van der Waals surface area contributed by atoms with E-state index in [0.29, 0.717) is 16.0 Å². The first-order valence-electron chi connectivity index (χ1n) is 8.06. The maximum absolute atomic E-state index is 12.5. The monoisotopic (exact) mass is 427 g/mol. The first-order chi connectivity index (χ1) is 13.1. The molecule has 0 aliphatic rings. The van der Waals surface area contributed by atoms with Crippen LogP contribution in [0.5, 0.6) is 0 Å². The van der Waals surface area contributed by atoms with Crippen molar-refractivity contribution in [3.05, 3.63) is 77.0 Å². The van der Waals surface area contributed by atoms with Gasteiger partial charge in [0.1, 0.15) is 10.3 Å². The van der Waals surface area contributed by atoms with Gasteiger partial charge >= 0.3 is 0 Å². The first-order valence-corrected chi connectivity index (χ1v) is 8.85.